The van der Waals surface area contributed by atoms with Gasteiger partial charge in [0.25, 0.3) is 5.91 Å². The normalized spacial score (nSPS) is 18.4. The van der Waals surface area contributed by atoms with Gasteiger partial charge < -0.3 is 19.3 Å². The number of rotatable bonds is 14. The molecule has 4 heterocycles. The van der Waals surface area contributed by atoms with Gasteiger partial charge in [-0.3, -0.25) is 14.7 Å². The standard InChI is InChI=1S/C35H46N6O3/c1-43-32-24-28-23-31-30(34(42)41-16-10-12-29(41)26-38-31)22-27(28)25-33(32)44-21-9-7-5-3-2-4-6-8-15-39-17-19-40(20-18-39)35-36-13-11-14-37-35/h11,13-14,22-26,29H,2-10,12,15-21H2,1H3/t29-/m0/s1. The summed E-state index contributed by atoms with van der Waals surface area (Å²) < 4.78 is 11.8. The van der Waals surface area contributed by atoms with Crippen molar-refractivity contribution in [3.63, 3.8) is 0 Å². The lowest BCUT2D eigenvalue weighted by molar-refractivity contribution is 0.0775. The van der Waals surface area contributed by atoms with Crippen molar-refractivity contribution in [2.45, 2.75) is 70.3 Å². The molecular weight excluding hydrogens is 552 g/mol. The van der Waals surface area contributed by atoms with E-state index in [0.717, 1.165) is 80.1 Å². The maximum atomic E-state index is 13.2. The quantitative estimate of drug-likeness (QED) is 0.202. The molecule has 2 fully saturated rings. The Kier molecular flexibility index (Phi) is 10.2. The van der Waals surface area contributed by atoms with Gasteiger partial charge in [-0.15, -0.1) is 0 Å². The average molecular weight is 599 g/mol. The lowest BCUT2D eigenvalue weighted by atomic mass is 10.0. The van der Waals surface area contributed by atoms with Crippen LogP contribution in [-0.2, 0) is 0 Å². The fourth-order valence-corrected chi connectivity index (χ4v) is 6.67. The van der Waals surface area contributed by atoms with Crippen molar-refractivity contribution in [3.05, 3.63) is 48.3 Å². The van der Waals surface area contributed by atoms with Gasteiger partial charge in [-0.05, 0) is 73.3 Å². The van der Waals surface area contributed by atoms with E-state index in [-0.39, 0.29) is 11.9 Å². The third-order valence-electron chi connectivity index (χ3n) is 9.25. The lowest BCUT2D eigenvalue weighted by Crippen LogP contribution is -2.47. The second-order valence-corrected chi connectivity index (χ2v) is 12.3. The van der Waals surface area contributed by atoms with Crippen LogP contribution in [0.5, 0.6) is 11.5 Å². The Morgan fingerprint density at radius 3 is 2.30 bits per heavy atom. The summed E-state index contributed by atoms with van der Waals surface area (Å²) in [7, 11) is 1.68. The predicted octanol–water partition coefficient (Wildman–Crippen LogP) is 6.28. The minimum atomic E-state index is 0.0775. The summed E-state index contributed by atoms with van der Waals surface area (Å²) in [6, 6.07) is 9.95. The molecule has 6 rings (SSSR count). The third-order valence-corrected chi connectivity index (χ3v) is 9.25. The zero-order chi connectivity index (χ0) is 30.1. The molecule has 0 radical (unpaired) electrons. The van der Waals surface area contributed by atoms with Crippen LogP contribution in [0.25, 0.3) is 10.8 Å². The van der Waals surface area contributed by atoms with Crippen LogP contribution >= 0.6 is 0 Å². The van der Waals surface area contributed by atoms with Crippen molar-refractivity contribution in [3.8, 4) is 11.5 Å². The number of hydrogen-bond acceptors (Lipinski definition) is 8. The number of amides is 1. The lowest BCUT2D eigenvalue weighted by Gasteiger charge is -2.34. The second-order valence-electron chi connectivity index (χ2n) is 12.3. The molecule has 9 nitrogen and oxygen atoms in total. The molecule has 1 aromatic heterocycles. The van der Waals surface area contributed by atoms with Crippen molar-refractivity contribution in [1.82, 2.24) is 19.8 Å². The zero-order valence-electron chi connectivity index (χ0n) is 26.1. The maximum Gasteiger partial charge on any atom is 0.256 e. The molecule has 0 aliphatic carbocycles. The number of unbranched alkanes of at least 4 members (excludes halogenated alkanes) is 7. The van der Waals surface area contributed by atoms with Crippen LogP contribution in [0.2, 0.25) is 0 Å². The van der Waals surface area contributed by atoms with Crippen molar-refractivity contribution in [1.29, 1.82) is 0 Å². The number of piperazine rings is 1. The Bertz CT molecular complexity index is 1420. The van der Waals surface area contributed by atoms with Crippen LogP contribution in [0.4, 0.5) is 11.6 Å². The summed E-state index contributed by atoms with van der Waals surface area (Å²) in [6.45, 7) is 6.88. The summed E-state index contributed by atoms with van der Waals surface area (Å²) >= 11 is 0. The molecule has 0 bridgehead atoms. The number of aliphatic imine (C=N–C) groups is 1. The number of carbonyl (C=O) groups excluding carboxylic acids is 1. The molecule has 9 heteroatoms. The number of fused-ring (bicyclic) bond motifs is 3. The van der Waals surface area contributed by atoms with Crippen LogP contribution in [0.3, 0.4) is 0 Å². The highest BCUT2D eigenvalue weighted by molar-refractivity contribution is 6.07. The van der Waals surface area contributed by atoms with Crippen LogP contribution in [0.1, 0.15) is 74.6 Å². The number of benzene rings is 2. The minimum absolute atomic E-state index is 0.0775. The van der Waals surface area contributed by atoms with Gasteiger partial charge in [0.05, 0.1) is 31.0 Å². The van der Waals surface area contributed by atoms with E-state index in [4.69, 9.17) is 9.47 Å². The molecule has 0 saturated carbocycles. The van der Waals surface area contributed by atoms with Crippen LogP contribution in [-0.4, -0.2) is 90.9 Å². The molecular formula is C35H46N6O3. The van der Waals surface area contributed by atoms with Gasteiger partial charge in [0.2, 0.25) is 5.95 Å². The molecule has 0 spiro atoms. The van der Waals surface area contributed by atoms with Gasteiger partial charge in [0, 0.05) is 51.3 Å². The smallest absolute Gasteiger partial charge is 0.256 e. The summed E-state index contributed by atoms with van der Waals surface area (Å²) in [5, 5.41) is 1.98. The van der Waals surface area contributed by atoms with Crippen molar-refractivity contribution >= 4 is 34.5 Å². The monoisotopic (exact) mass is 598 g/mol. The maximum absolute atomic E-state index is 13.2. The summed E-state index contributed by atoms with van der Waals surface area (Å²) in [6.07, 6.45) is 17.5. The molecule has 3 aliphatic heterocycles. The van der Waals surface area contributed by atoms with E-state index in [0.29, 0.717) is 17.9 Å². The SMILES string of the molecule is COc1cc2cc3c(cc2cc1OCCCCCCCCCCN1CCN(c2ncccn2)CC1)C(=O)N1CCC[C@H]1C=N3. The van der Waals surface area contributed by atoms with Gasteiger partial charge in [-0.2, -0.15) is 0 Å². The number of hydrogen-bond donors (Lipinski definition) is 0. The fourth-order valence-electron chi connectivity index (χ4n) is 6.67. The number of aromatic nitrogens is 2. The third kappa shape index (κ3) is 7.32. The Labute approximate surface area is 261 Å². The first kappa shape index (κ1) is 30.3. The number of nitrogens with zero attached hydrogens (tertiary/aromatic N) is 6. The van der Waals surface area contributed by atoms with Gasteiger partial charge in [-0.25, -0.2) is 9.97 Å². The van der Waals surface area contributed by atoms with Crippen LogP contribution in [0, 0.1) is 0 Å². The van der Waals surface area contributed by atoms with E-state index in [1.807, 2.05) is 53.8 Å². The van der Waals surface area contributed by atoms with Gasteiger partial charge in [-0.1, -0.05) is 38.5 Å². The second kappa shape index (κ2) is 14.8. The first-order valence-corrected chi connectivity index (χ1v) is 16.6. The number of carbonyl (C=O) groups is 1. The average Bonchev–Trinajstić information content (AvgIpc) is 3.50. The van der Waals surface area contributed by atoms with E-state index >= 15 is 0 Å². The predicted molar refractivity (Wildman–Crippen MR) is 176 cm³/mol. The molecule has 3 aromatic rings. The summed E-state index contributed by atoms with van der Waals surface area (Å²) in [4.78, 5) is 33.5. The Morgan fingerprint density at radius 2 is 1.52 bits per heavy atom. The molecule has 1 atom stereocenters. The Balaban J connectivity index is 0.866. The molecule has 2 aromatic carbocycles. The molecule has 0 N–H and O–H groups in total. The minimum Gasteiger partial charge on any atom is -0.493 e. The number of anilines is 1. The molecule has 3 aliphatic rings. The summed E-state index contributed by atoms with van der Waals surface area (Å²) in [5.74, 6) is 2.39. The first-order chi connectivity index (χ1) is 21.7. The molecule has 234 valence electrons. The van der Waals surface area contributed by atoms with E-state index in [9.17, 15) is 4.79 Å². The van der Waals surface area contributed by atoms with Crippen molar-refractivity contribution in [2.24, 2.45) is 4.99 Å². The molecule has 1 amide bonds. The Hall–Kier alpha value is -3.72. The molecule has 2 saturated heterocycles. The highest BCUT2D eigenvalue weighted by Crippen LogP contribution is 2.37. The van der Waals surface area contributed by atoms with Crippen LogP contribution in [0.15, 0.2) is 47.7 Å². The topological polar surface area (TPSA) is 83.4 Å². The highest BCUT2D eigenvalue weighted by Gasteiger charge is 2.32. The van der Waals surface area contributed by atoms with E-state index in [1.54, 1.807) is 7.11 Å². The number of methoxy groups -OCH3 is 1. The molecule has 44 heavy (non-hydrogen) atoms. The fraction of sp³-hybridized carbons (Fsp3) is 0.543. The van der Waals surface area contributed by atoms with Crippen molar-refractivity contribution in [2.75, 3.05) is 57.9 Å². The van der Waals surface area contributed by atoms with Crippen molar-refractivity contribution < 1.29 is 14.3 Å². The van der Waals surface area contributed by atoms with Gasteiger partial charge in [0.1, 0.15) is 0 Å². The van der Waals surface area contributed by atoms with Gasteiger partial charge >= 0.3 is 0 Å². The zero-order valence-corrected chi connectivity index (χ0v) is 26.1. The first-order valence-electron chi connectivity index (χ1n) is 16.6. The van der Waals surface area contributed by atoms with Crippen LogP contribution < -0.4 is 14.4 Å². The Morgan fingerprint density at radius 1 is 0.818 bits per heavy atom. The van der Waals surface area contributed by atoms with E-state index < -0.39 is 0 Å². The highest BCUT2D eigenvalue weighted by atomic mass is 16.5. The molecule has 0 unspecified atom stereocenters. The number of ether oxygens (including phenoxy) is 2. The summed E-state index contributed by atoms with van der Waals surface area (Å²) in [5.41, 5.74) is 1.41. The largest absolute Gasteiger partial charge is 0.493 e. The van der Waals surface area contributed by atoms with E-state index in [1.165, 1.54) is 51.5 Å². The van der Waals surface area contributed by atoms with Gasteiger partial charge in [0.15, 0.2) is 11.5 Å². The van der Waals surface area contributed by atoms with E-state index in [2.05, 4.69) is 24.8 Å².